The van der Waals surface area contributed by atoms with Crippen molar-refractivity contribution in [3.63, 3.8) is 0 Å². The summed E-state index contributed by atoms with van der Waals surface area (Å²) in [7, 11) is 1.95. The minimum absolute atomic E-state index is 0.225. The molecular weight excluding hydrogens is 244 g/mol. The van der Waals surface area contributed by atoms with Gasteiger partial charge in [-0.2, -0.15) is 0 Å². The quantitative estimate of drug-likeness (QED) is 0.887. The Balaban J connectivity index is 1.81. The normalized spacial score (nSPS) is 22.8. The maximum Gasteiger partial charge on any atom is 0.255 e. The van der Waals surface area contributed by atoms with Crippen molar-refractivity contribution in [3.05, 3.63) is 21.4 Å². The van der Waals surface area contributed by atoms with Crippen LogP contribution in [0.3, 0.4) is 0 Å². The zero-order chi connectivity index (χ0) is 12.5. The summed E-state index contributed by atoms with van der Waals surface area (Å²) in [5, 5.41) is 5.40. The third-order valence-electron chi connectivity index (χ3n) is 4.19. The van der Waals surface area contributed by atoms with E-state index in [1.807, 2.05) is 11.9 Å². The van der Waals surface area contributed by atoms with Gasteiger partial charge in [0, 0.05) is 29.9 Å². The van der Waals surface area contributed by atoms with Crippen LogP contribution in [0.4, 0.5) is 0 Å². The van der Waals surface area contributed by atoms with Crippen LogP contribution in [0, 0.1) is 0 Å². The average molecular weight is 264 g/mol. The van der Waals surface area contributed by atoms with E-state index in [9.17, 15) is 4.79 Å². The summed E-state index contributed by atoms with van der Waals surface area (Å²) in [6.45, 7) is 1.97. The number of likely N-dealkylation sites (N-methyl/N-ethyl adjacent to an activating group) is 1. The molecule has 0 spiro atoms. The number of amides is 1. The van der Waals surface area contributed by atoms with Crippen LogP contribution in [0.1, 0.15) is 40.1 Å². The van der Waals surface area contributed by atoms with Crippen molar-refractivity contribution in [2.75, 3.05) is 20.1 Å². The predicted octanol–water partition coefficient (Wildman–Crippen LogP) is 2.06. The molecule has 0 bridgehead atoms. The molecule has 1 aliphatic heterocycles. The smallest absolute Gasteiger partial charge is 0.255 e. The molecule has 0 radical (unpaired) electrons. The average Bonchev–Trinajstić information content (AvgIpc) is 3.06. The Bertz CT molecular complexity index is 449. The van der Waals surface area contributed by atoms with Gasteiger partial charge in [0.25, 0.3) is 5.91 Å². The fourth-order valence-electron chi connectivity index (χ4n) is 3.00. The number of hydrogen-bond donors (Lipinski definition) is 1. The van der Waals surface area contributed by atoms with Crippen molar-refractivity contribution in [2.24, 2.45) is 0 Å². The van der Waals surface area contributed by atoms with E-state index in [1.54, 1.807) is 11.3 Å². The summed E-state index contributed by atoms with van der Waals surface area (Å²) in [6, 6.07) is 0.372. The van der Waals surface area contributed by atoms with Gasteiger partial charge < -0.3 is 10.2 Å². The van der Waals surface area contributed by atoms with Gasteiger partial charge in [-0.05, 0) is 44.2 Å². The molecule has 2 aliphatic rings. The van der Waals surface area contributed by atoms with Gasteiger partial charge in [-0.15, -0.1) is 11.3 Å². The lowest BCUT2D eigenvalue weighted by Crippen LogP contribution is -2.38. The highest BCUT2D eigenvalue weighted by molar-refractivity contribution is 7.10. The van der Waals surface area contributed by atoms with E-state index in [-0.39, 0.29) is 5.91 Å². The molecule has 4 heteroatoms. The Morgan fingerprint density at radius 2 is 2.28 bits per heavy atom. The van der Waals surface area contributed by atoms with Crippen molar-refractivity contribution in [1.29, 1.82) is 0 Å². The third-order valence-corrected chi connectivity index (χ3v) is 5.28. The minimum atomic E-state index is 0.225. The van der Waals surface area contributed by atoms with Crippen LogP contribution in [0.2, 0.25) is 0 Å². The van der Waals surface area contributed by atoms with Gasteiger partial charge >= 0.3 is 0 Å². The highest BCUT2D eigenvalue weighted by atomic mass is 32.1. The number of carbonyl (C=O) groups is 1. The molecule has 1 unspecified atom stereocenters. The van der Waals surface area contributed by atoms with Crippen molar-refractivity contribution < 1.29 is 4.79 Å². The summed E-state index contributed by atoms with van der Waals surface area (Å²) < 4.78 is 0. The maximum atomic E-state index is 12.6. The first-order chi connectivity index (χ1) is 8.77. The molecule has 1 fully saturated rings. The summed E-state index contributed by atoms with van der Waals surface area (Å²) in [5.74, 6) is 0.225. The second-order valence-corrected chi connectivity index (χ2v) is 6.29. The van der Waals surface area contributed by atoms with E-state index in [1.165, 1.54) is 29.7 Å². The fraction of sp³-hybridized carbons (Fsp3) is 0.643. The first-order valence-electron chi connectivity index (χ1n) is 6.84. The molecule has 0 aromatic carbocycles. The van der Waals surface area contributed by atoms with E-state index in [0.717, 1.165) is 31.5 Å². The molecule has 1 aliphatic carbocycles. The van der Waals surface area contributed by atoms with Crippen LogP contribution in [0.5, 0.6) is 0 Å². The molecule has 2 heterocycles. The number of nitrogens with zero attached hydrogens (tertiary/aromatic N) is 1. The van der Waals surface area contributed by atoms with Gasteiger partial charge in [0.05, 0.1) is 5.56 Å². The molecular formula is C14H20N2OS. The van der Waals surface area contributed by atoms with Crippen molar-refractivity contribution in [1.82, 2.24) is 10.2 Å². The van der Waals surface area contributed by atoms with Gasteiger partial charge in [0.15, 0.2) is 0 Å². The molecule has 1 saturated heterocycles. The van der Waals surface area contributed by atoms with Crippen LogP contribution in [0.25, 0.3) is 0 Å². The zero-order valence-corrected chi connectivity index (χ0v) is 11.7. The lowest BCUT2D eigenvalue weighted by atomic mass is 9.95. The van der Waals surface area contributed by atoms with Crippen LogP contribution < -0.4 is 5.32 Å². The van der Waals surface area contributed by atoms with Gasteiger partial charge in [0.2, 0.25) is 0 Å². The van der Waals surface area contributed by atoms with Crippen LogP contribution in [-0.4, -0.2) is 37.0 Å². The monoisotopic (exact) mass is 264 g/mol. The summed E-state index contributed by atoms with van der Waals surface area (Å²) in [6.07, 6.45) is 5.86. The van der Waals surface area contributed by atoms with Gasteiger partial charge in [-0.3, -0.25) is 4.79 Å². The number of carbonyl (C=O) groups excluding carboxylic acids is 1. The molecule has 1 amide bonds. The molecule has 1 N–H and O–H groups in total. The Hall–Kier alpha value is -0.870. The molecule has 18 heavy (non-hydrogen) atoms. The van der Waals surface area contributed by atoms with E-state index >= 15 is 0 Å². The largest absolute Gasteiger partial charge is 0.337 e. The van der Waals surface area contributed by atoms with Crippen molar-refractivity contribution >= 4 is 17.2 Å². The number of thiophene rings is 1. The lowest BCUT2D eigenvalue weighted by Gasteiger charge is -2.24. The van der Waals surface area contributed by atoms with E-state index in [2.05, 4.69) is 10.7 Å². The second-order valence-electron chi connectivity index (χ2n) is 5.32. The summed E-state index contributed by atoms with van der Waals surface area (Å²) >= 11 is 1.78. The molecule has 3 nitrogen and oxygen atoms in total. The molecule has 1 aromatic heterocycles. The third kappa shape index (κ3) is 2.08. The zero-order valence-electron chi connectivity index (χ0n) is 10.9. The molecule has 98 valence electrons. The number of fused-ring (bicyclic) bond motifs is 1. The highest BCUT2D eigenvalue weighted by Gasteiger charge is 2.27. The topological polar surface area (TPSA) is 32.3 Å². The van der Waals surface area contributed by atoms with Gasteiger partial charge in [0.1, 0.15) is 0 Å². The number of hydrogen-bond acceptors (Lipinski definition) is 3. The SMILES string of the molecule is CN(C(=O)c1csc2c1CCCC2)C1CCNC1. The van der Waals surface area contributed by atoms with Crippen LogP contribution in [-0.2, 0) is 12.8 Å². The molecule has 0 saturated carbocycles. The number of nitrogens with one attached hydrogen (secondary N) is 1. The highest BCUT2D eigenvalue weighted by Crippen LogP contribution is 2.31. The van der Waals surface area contributed by atoms with Gasteiger partial charge in [-0.25, -0.2) is 0 Å². The minimum Gasteiger partial charge on any atom is -0.337 e. The standard InChI is InChI=1S/C14H20N2OS/c1-16(10-6-7-15-8-10)14(17)12-9-18-13-5-3-2-4-11(12)13/h9-10,15H,2-8H2,1H3. The molecule has 3 rings (SSSR count). The second kappa shape index (κ2) is 5.02. The van der Waals surface area contributed by atoms with Crippen LogP contribution in [0.15, 0.2) is 5.38 Å². The number of aryl methyl sites for hydroxylation is 1. The van der Waals surface area contributed by atoms with Crippen molar-refractivity contribution in [2.45, 2.75) is 38.1 Å². The molecule has 1 atom stereocenters. The number of rotatable bonds is 2. The van der Waals surface area contributed by atoms with Crippen molar-refractivity contribution in [3.8, 4) is 0 Å². The summed E-state index contributed by atoms with van der Waals surface area (Å²) in [5.41, 5.74) is 2.32. The van der Waals surface area contributed by atoms with E-state index in [0.29, 0.717) is 6.04 Å². The fourth-order valence-corrected chi connectivity index (χ4v) is 4.12. The maximum absolute atomic E-state index is 12.6. The Labute approximate surface area is 112 Å². The van der Waals surface area contributed by atoms with E-state index < -0.39 is 0 Å². The summed E-state index contributed by atoms with van der Waals surface area (Å²) in [4.78, 5) is 16.0. The Morgan fingerprint density at radius 3 is 3.06 bits per heavy atom. The molecule has 1 aromatic rings. The first kappa shape index (κ1) is 12.2. The Kier molecular flexibility index (Phi) is 3.39. The lowest BCUT2D eigenvalue weighted by molar-refractivity contribution is 0.0743. The van der Waals surface area contributed by atoms with E-state index in [4.69, 9.17) is 0 Å². The Morgan fingerprint density at radius 1 is 1.44 bits per heavy atom. The first-order valence-corrected chi connectivity index (χ1v) is 7.72. The predicted molar refractivity (Wildman–Crippen MR) is 74.3 cm³/mol. The van der Waals surface area contributed by atoms with Gasteiger partial charge in [-0.1, -0.05) is 0 Å². The van der Waals surface area contributed by atoms with Crippen LogP contribution >= 0.6 is 11.3 Å².